The van der Waals surface area contributed by atoms with Crippen LogP contribution in [0.3, 0.4) is 0 Å². The summed E-state index contributed by atoms with van der Waals surface area (Å²) in [4.78, 5) is 18.0. The number of carbonyl (C=O) groups excluding carboxylic acids is 1. The zero-order valence-electron chi connectivity index (χ0n) is 17.1. The number of hydrogen-bond acceptors (Lipinski definition) is 7. The number of benzene rings is 2. The predicted molar refractivity (Wildman–Crippen MR) is 124 cm³/mol. The van der Waals surface area contributed by atoms with Crippen molar-refractivity contribution in [1.29, 1.82) is 0 Å². The van der Waals surface area contributed by atoms with Crippen LogP contribution in [0.25, 0.3) is 0 Å². The number of halogens is 1. The second-order valence-electron chi connectivity index (χ2n) is 7.26. The first-order chi connectivity index (χ1) is 15.6. The SMILES string of the molecule is COc1ccc(C2NNC3=C2SC(c2ccc(Cl)cc2)N3NC(=O)c2ccncc2)cc1. The third-order valence-electron chi connectivity index (χ3n) is 5.31. The standard InChI is InChI=1S/C23H20ClN5O2S/c1-31-18-8-4-14(5-9-18)19-20-21(27-26-19)29(28-22(30)15-10-12-25-13-11-15)23(32-20)16-2-6-17(24)7-3-16/h2-13,19,23,26-27H,1H3,(H,28,30). The van der Waals surface area contributed by atoms with Crippen LogP contribution in [0, 0.1) is 0 Å². The van der Waals surface area contributed by atoms with E-state index in [2.05, 4.69) is 21.3 Å². The van der Waals surface area contributed by atoms with Crippen LogP contribution >= 0.6 is 23.4 Å². The lowest BCUT2D eigenvalue weighted by molar-refractivity contribution is 0.0817. The molecule has 3 heterocycles. The highest BCUT2D eigenvalue weighted by Gasteiger charge is 2.42. The van der Waals surface area contributed by atoms with Crippen molar-refractivity contribution in [2.24, 2.45) is 0 Å². The topological polar surface area (TPSA) is 78.5 Å². The minimum Gasteiger partial charge on any atom is -0.497 e. The Morgan fingerprint density at radius 3 is 2.44 bits per heavy atom. The molecule has 0 radical (unpaired) electrons. The molecule has 0 bridgehead atoms. The lowest BCUT2D eigenvalue weighted by Gasteiger charge is -2.30. The van der Waals surface area contributed by atoms with Gasteiger partial charge in [-0.15, -0.1) is 0 Å². The lowest BCUT2D eigenvalue weighted by Crippen LogP contribution is -2.46. The molecule has 2 unspecified atom stereocenters. The van der Waals surface area contributed by atoms with Crippen molar-refractivity contribution in [3.63, 3.8) is 0 Å². The van der Waals surface area contributed by atoms with Gasteiger partial charge in [-0.1, -0.05) is 47.6 Å². The lowest BCUT2D eigenvalue weighted by atomic mass is 10.1. The Bertz CT molecular complexity index is 1160. The maximum Gasteiger partial charge on any atom is 0.269 e. The Hall–Kier alpha value is -3.20. The number of carbonyl (C=O) groups is 1. The highest BCUT2D eigenvalue weighted by atomic mass is 35.5. The number of hydrazine groups is 2. The summed E-state index contributed by atoms with van der Waals surface area (Å²) in [5, 5.41) is 2.38. The van der Waals surface area contributed by atoms with E-state index >= 15 is 0 Å². The van der Waals surface area contributed by atoms with Gasteiger partial charge >= 0.3 is 0 Å². The Kier molecular flexibility index (Phi) is 5.65. The van der Waals surface area contributed by atoms with Crippen LogP contribution in [0.4, 0.5) is 0 Å². The molecule has 0 aliphatic carbocycles. The minimum absolute atomic E-state index is 0.0569. The number of rotatable bonds is 5. The number of pyridine rings is 1. The number of thioether (sulfide) groups is 1. The van der Waals surface area contributed by atoms with E-state index in [-0.39, 0.29) is 17.3 Å². The first-order valence-electron chi connectivity index (χ1n) is 9.96. The number of amides is 1. The zero-order valence-corrected chi connectivity index (χ0v) is 18.7. The van der Waals surface area contributed by atoms with Crippen LogP contribution in [-0.4, -0.2) is 23.0 Å². The van der Waals surface area contributed by atoms with Gasteiger partial charge in [0, 0.05) is 23.0 Å². The maximum absolute atomic E-state index is 12.9. The third kappa shape index (κ3) is 3.88. The summed E-state index contributed by atoms with van der Waals surface area (Å²) >= 11 is 7.78. The molecule has 0 saturated carbocycles. The molecule has 2 atom stereocenters. The van der Waals surface area contributed by atoms with Gasteiger partial charge in [-0.3, -0.25) is 15.2 Å². The van der Waals surface area contributed by atoms with Crippen LogP contribution in [-0.2, 0) is 0 Å². The first-order valence-corrected chi connectivity index (χ1v) is 11.2. The molecule has 0 spiro atoms. The van der Waals surface area contributed by atoms with Crippen molar-refractivity contribution >= 4 is 29.3 Å². The number of nitrogens with one attached hydrogen (secondary N) is 3. The second kappa shape index (κ2) is 8.74. The van der Waals surface area contributed by atoms with Crippen molar-refractivity contribution in [2.45, 2.75) is 11.4 Å². The molecule has 162 valence electrons. The molecule has 32 heavy (non-hydrogen) atoms. The van der Waals surface area contributed by atoms with Gasteiger partial charge in [-0.05, 0) is 47.5 Å². The van der Waals surface area contributed by atoms with Crippen LogP contribution in [0.1, 0.15) is 32.9 Å². The second-order valence-corrected chi connectivity index (χ2v) is 8.82. The summed E-state index contributed by atoms with van der Waals surface area (Å²) in [6.45, 7) is 0. The van der Waals surface area contributed by atoms with Crippen molar-refractivity contribution in [1.82, 2.24) is 26.3 Å². The molecule has 3 aromatic rings. The van der Waals surface area contributed by atoms with Gasteiger partial charge in [0.25, 0.3) is 5.91 Å². The smallest absolute Gasteiger partial charge is 0.269 e. The molecule has 5 rings (SSSR count). The van der Waals surface area contributed by atoms with E-state index in [1.807, 2.05) is 53.5 Å². The fourth-order valence-electron chi connectivity index (χ4n) is 3.66. The zero-order chi connectivity index (χ0) is 22.1. The maximum atomic E-state index is 12.9. The van der Waals surface area contributed by atoms with E-state index < -0.39 is 0 Å². The fraction of sp³-hybridized carbons (Fsp3) is 0.130. The van der Waals surface area contributed by atoms with E-state index in [1.165, 1.54) is 0 Å². The molecular formula is C23H20ClN5O2S. The van der Waals surface area contributed by atoms with E-state index in [9.17, 15) is 4.79 Å². The van der Waals surface area contributed by atoms with E-state index in [1.54, 1.807) is 43.4 Å². The average Bonchev–Trinajstić information content (AvgIpc) is 3.40. The van der Waals surface area contributed by atoms with Crippen LogP contribution in [0.15, 0.2) is 83.8 Å². The predicted octanol–water partition coefficient (Wildman–Crippen LogP) is 4.15. The molecule has 1 aromatic heterocycles. The van der Waals surface area contributed by atoms with Crippen LogP contribution in [0.5, 0.6) is 5.75 Å². The molecule has 9 heteroatoms. The third-order valence-corrected chi connectivity index (χ3v) is 6.95. The van der Waals surface area contributed by atoms with Gasteiger partial charge in [-0.2, -0.15) is 0 Å². The number of hydrogen-bond donors (Lipinski definition) is 3. The number of methoxy groups -OCH3 is 1. The average molecular weight is 466 g/mol. The molecule has 2 aliphatic rings. The minimum atomic E-state index is -0.213. The highest BCUT2D eigenvalue weighted by Crippen LogP contribution is 2.52. The van der Waals surface area contributed by atoms with Crippen molar-refractivity contribution < 1.29 is 9.53 Å². The quantitative estimate of drug-likeness (QED) is 0.522. The number of aromatic nitrogens is 1. The van der Waals surface area contributed by atoms with Gasteiger partial charge in [0.15, 0.2) is 0 Å². The number of ether oxygens (including phenoxy) is 1. The van der Waals surface area contributed by atoms with Gasteiger partial charge < -0.3 is 10.2 Å². The van der Waals surface area contributed by atoms with Gasteiger partial charge in [0.1, 0.15) is 16.9 Å². The molecule has 2 aliphatic heterocycles. The Morgan fingerprint density at radius 1 is 1.06 bits per heavy atom. The summed E-state index contributed by atoms with van der Waals surface area (Å²) < 4.78 is 5.28. The fourth-order valence-corrected chi connectivity index (χ4v) is 5.18. The Morgan fingerprint density at radius 2 is 1.75 bits per heavy atom. The van der Waals surface area contributed by atoms with Crippen molar-refractivity contribution in [3.05, 3.63) is 105 Å². The summed E-state index contributed by atoms with van der Waals surface area (Å²) in [5.74, 6) is 1.41. The van der Waals surface area contributed by atoms with Gasteiger partial charge in [0.2, 0.25) is 0 Å². The van der Waals surface area contributed by atoms with E-state index in [4.69, 9.17) is 16.3 Å². The molecule has 3 N–H and O–H groups in total. The molecule has 0 fully saturated rings. The molecular weight excluding hydrogens is 446 g/mol. The summed E-state index contributed by atoms with van der Waals surface area (Å²) in [5.41, 5.74) is 12.3. The van der Waals surface area contributed by atoms with Gasteiger partial charge in [0.05, 0.1) is 18.1 Å². The largest absolute Gasteiger partial charge is 0.497 e. The first kappa shape index (κ1) is 20.7. The normalized spacial score (nSPS) is 19.5. The van der Waals surface area contributed by atoms with Crippen LogP contribution < -0.4 is 21.0 Å². The monoisotopic (exact) mass is 465 g/mol. The molecule has 7 nitrogen and oxygen atoms in total. The van der Waals surface area contributed by atoms with Crippen molar-refractivity contribution in [3.8, 4) is 5.75 Å². The van der Waals surface area contributed by atoms with E-state index in [0.717, 1.165) is 27.6 Å². The van der Waals surface area contributed by atoms with Crippen LogP contribution in [0.2, 0.25) is 5.02 Å². The van der Waals surface area contributed by atoms with E-state index in [0.29, 0.717) is 10.6 Å². The Balaban J connectivity index is 1.47. The summed E-state index contributed by atoms with van der Waals surface area (Å²) in [7, 11) is 1.65. The summed E-state index contributed by atoms with van der Waals surface area (Å²) in [6, 6.07) is 18.9. The molecule has 1 amide bonds. The number of nitrogens with zero attached hydrogens (tertiary/aromatic N) is 2. The summed E-state index contributed by atoms with van der Waals surface area (Å²) in [6.07, 6.45) is 3.20. The molecule has 2 aromatic carbocycles. The molecule has 0 saturated heterocycles. The highest BCUT2D eigenvalue weighted by molar-refractivity contribution is 8.03. The van der Waals surface area contributed by atoms with Crippen molar-refractivity contribution in [2.75, 3.05) is 7.11 Å². The van der Waals surface area contributed by atoms with Gasteiger partial charge in [-0.25, -0.2) is 10.4 Å². The Labute approximate surface area is 194 Å².